The molecule has 0 bridgehead atoms. The molecular formula is C18H26N2O2. The smallest absolute Gasteiger partial charge is 0.229 e. The molecule has 0 saturated carbocycles. The van der Waals surface area contributed by atoms with E-state index >= 15 is 0 Å². The molecule has 0 fully saturated rings. The Kier molecular flexibility index (Phi) is 6.13. The number of hydrogen-bond donors (Lipinski definition) is 2. The molecule has 0 spiro atoms. The van der Waals surface area contributed by atoms with Crippen LogP contribution in [0.4, 0.5) is 5.82 Å². The Morgan fingerprint density at radius 3 is 2.95 bits per heavy atom. The van der Waals surface area contributed by atoms with Crippen LogP contribution in [0.2, 0.25) is 0 Å². The molecule has 2 rings (SSSR count). The van der Waals surface area contributed by atoms with Crippen molar-refractivity contribution in [1.82, 2.24) is 4.98 Å². The molecule has 4 heteroatoms. The van der Waals surface area contributed by atoms with Crippen molar-refractivity contribution in [2.24, 2.45) is 0 Å². The van der Waals surface area contributed by atoms with Crippen molar-refractivity contribution < 1.29 is 9.90 Å². The van der Waals surface area contributed by atoms with Gasteiger partial charge in [0.25, 0.3) is 0 Å². The van der Waals surface area contributed by atoms with Gasteiger partial charge in [-0.2, -0.15) is 0 Å². The van der Waals surface area contributed by atoms with E-state index < -0.39 is 0 Å². The molecule has 1 aliphatic rings. The molecule has 1 aromatic rings. The molecular weight excluding hydrogens is 276 g/mol. The van der Waals surface area contributed by atoms with Gasteiger partial charge in [0.2, 0.25) is 5.91 Å². The molecule has 2 unspecified atom stereocenters. The van der Waals surface area contributed by atoms with Gasteiger partial charge in [0.05, 0.1) is 6.10 Å². The third-order valence-corrected chi connectivity index (χ3v) is 4.35. The summed E-state index contributed by atoms with van der Waals surface area (Å²) in [7, 11) is 0. The highest BCUT2D eigenvalue weighted by Crippen LogP contribution is 2.21. The van der Waals surface area contributed by atoms with Crippen molar-refractivity contribution in [2.75, 3.05) is 5.32 Å². The minimum absolute atomic E-state index is 0.0357. The van der Waals surface area contributed by atoms with Crippen LogP contribution >= 0.6 is 0 Å². The predicted octanol–water partition coefficient (Wildman–Crippen LogP) is 3.79. The lowest BCUT2D eigenvalue weighted by Gasteiger charge is -2.10. The van der Waals surface area contributed by atoms with E-state index in [4.69, 9.17) is 0 Å². The summed E-state index contributed by atoms with van der Waals surface area (Å²) in [6.45, 7) is 4.32. The van der Waals surface area contributed by atoms with Crippen LogP contribution in [0.1, 0.15) is 63.9 Å². The van der Waals surface area contributed by atoms with Gasteiger partial charge in [-0.05, 0) is 49.7 Å². The van der Waals surface area contributed by atoms with Gasteiger partial charge in [-0.1, -0.05) is 31.6 Å². The summed E-state index contributed by atoms with van der Waals surface area (Å²) in [6, 6.07) is 3.89. The molecule has 0 radical (unpaired) electrons. The van der Waals surface area contributed by atoms with Crippen LogP contribution in [0, 0.1) is 0 Å². The average Bonchev–Trinajstić information content (AvgIpc) is 2.72. The number of carbonyl (C=O) groups is 1. The zero-order chi connectivity index (χ0) is 15.9. The summed E-state index contributed by atoms with van der Waals surface area (Å²) >= 11 is 0. The van der Waals surface area contributed by atoms with E-state index in [2.05, 4.69) is 30.2 Å². The van der Waals surface area contributed by atoms with Crippen molar-refractivity contribution >= 4 is 11.7 Å². The topological polar surface area (TPSA) is 62.2 Å². The largest absolute Gasteiger partial charge is 0.393 e. The van der Waals surface area contributed by atoms with Gasteiger partial charge in [-0.3, -0.25) is 4.79 Å². The van der Waals surface area contributed by atoms with E-state index in [9.17, 15) is 9.90 Å². The van der Waals surface area contributed by atoms with E-state index in [0.29, 0.717) is 18.2 Å². The molecule has 1 amide bonds. The number of aliphatic hydroxyl groups excluding tert-OH is 1. The zero-order valence-corrected chi connectivity index (χ0v) is 13.5. The normalized spacial score (nSPS) is 20.0. The lowest BCUT2D eigenvalue weighted by atomic mass is 10.0. The van der Waals surface area contributed by atoms with Crippen LogP contribution in [0.25, 0.3) is 0 Å². The van der Waals surface area contributed by atoms with Gasteiger partial charge in [0, 0.05) is 12.6 Å². The fourth-order valence-corrected chi connectivity index (χ4v) is 2.64. The molecule has 1 aliphatic carbocycles. The molecule has 0 aromatic carbocycles. The van der Waals surface area contributed by atoms with Crippen LogP contribution in [-0.2, 0) is 4.79 Å². The summed E-state index contributed by atoms with van der Waals surface area (Å²) in [5.41, 5.74) is 2.31. The van der Waals surface area contributed by atoms with Crippen LogP contribution in [-0.4, -0.2) is 22.1 Å². The maximum absolute atomic E-state index is 12.1. The monoisotopic (exact) mass is 302 g/mol. The van der Waals surface area contributed by atoms with Crippen LogP contribution in [0.3, 0.4) is 0 Å². The number of aliphatic hydroxyl groups is 1. The Hall–Kier alpha value is -1.68. The number of allylic oxidation sites excluding steroid dienone is 1. The number of pyridine rings is 1. The highest BCUT2D eigenvalue weighted by Gasteiger charge is 2.13. The standard InChI is InChI=1S/C18H26N2O2/c1-3-13(2)15-8-10-17(19-12-15)20-18(22)11-14-5-4-6-16(21)9-7-14/h5,8,10,12-13,16,21H,3-4,6-7,9,11H2,1-2H3,(H,19,20,22). The Morgan fingerprint density at radius 2 is 2.27 bits per heavy atom. The first-order valence-electron chi connectivity index (χ1n) is 8.20. The van der Waals surface area contributed by atoms with Crippen LogP contribution < -0.4 is 5.32 Å². The van der Waals surface area contributed by atoms with Gasteiger partial charge in [-0.15, -0.1) is 0 Å². The van der Waals surface area contributed by atoms with E-state index in [1.54, 1.807) is 0 Å². The fraction of sp³-hybridized carbons (Fsp3) is 0.556. The van der Waals surface area contributed by atoms with E-state index in [-0.39, 0.29) is 12.0 Å². The van der Waals surface area contributed by atoms with Gasteiger partial charge < -0.3 is 10.4 Å². The summed E-state index contributed by atoms with van der Waals surface area (Å²) in [5.74, 6) is 1.05. The predicted molar refractivity (Wildman–Crippen MR) is 88.7 cm³/mol. The minimum atomic E-state index is -0.230. The average molecular weight is 302 g/mol. The maximum atomic E-state index is 12.1. The van der Waals surface area contributed by atoms with Gasteiger partial charge in [-0.25, -0.2) is 4.98 Å². The van der Waals surface area contributed by atoms with Crippen molar-refractivity contribution in [3.05, 3.63) is 35.5 Å². The minimum Gasteiger partial charge on any atom is -0.393 e. The Morgan fingerprint density at radius 1 is 1.45 bits per heavy atom. The van der Waals surface area contributed by atoms with Crippen LogP contribution in [0.5, 0.6) is 0 Å². The molecule has 2 atom stereocenters. The van der Waals surface area contributed by atoms with E-state index in [1.165, 1.54) is 5.56 Å². The number of nitrogens with one attached hydrogen (secondary N) is 1. The molecule has 1 heterocycles. The van der Waals surface area contributed by atoms with E-state index in [0.717, 1.165) is 37.7 Å². The molecule has 22 heavy (non-hydrogen) atoms. The van der Waals surface area contributed by atoms with Crippen molar-refractivity contribution in [3.63, 3.8) is 0 Å². The summed E-state index contributed by atoms with van der Waals surface area (Å²) in [6.07, 6.45) is 8.37. The second kappa shape index (κ2) is 8.08. The first kappa shape index (κ1) is 16.7. The Labute approximate surface area is 132 Å². The molecule has 1 aromatic heterocycles. The van der Waals surface area contributed by atoms with Crippen molar-refractivity contribution in [2.45, 2.75) is 64.4 Å². The summed E-state index contributed by atoms with van der Waals surface area (Å²) < 4.78 is 0. The zero-order valence-electron chi connectivity index (χ0n) is 13.5. The van der Waals surface area contributed by atoms with Crippen molar-refractivity contribution in [1.29, 1.82) is 0 Å². The first-order valence-corrected chi connectivity index (χ1v) is 8.20. The van der Waals surface area contributed by atoms with Crippen LogP contribution in [0.15, 0.2) is 30.0 Å². The number of aromatic nitrogens is 1. The Balaban J connectivity index is 1.87. The molecule has 2 N–H and O–H groups in total. The SMILES string of the molecule is CCC(C)c1ccc(NC(=O)CC2=CCCC(O)CC2)nc1. The summed E-state index contributed by atoms with van der Waals surface area (Å²) in [5, 5.41) is 12.5. The third-order valence-electron chi connectivity index (χ3n) is 4.35. The lowest BCUT2D eigenvalue weighted by Crippen LogP contribution is -2.13. The number of anilines is 1. The van der Waals surface area contributed by atoms with Gasteiger partial charge >= 0.3 is 0 Å². The Bertz CT molecular complexity index is 522. The lowest BCUT2D eigenvalue weighted by molar-refractivity contribution is -0.115. The van der Waals surface area contributed by atoms with Crippen molar-refractivity contribution in [3.8, 4) is 0 Å². The fourth-order valence-electron chi connectivity index (χ4n) is 2.64. The number of nitrogens with zero attached hydrogens (tertiary/aromatic N) is 1. The number of amides is 1. The first-order chi connectivity index (χ1) is 10.6. The second-order valence-corrected chi connectivity index (χ2v) is 6.14. The van der Waals surface area contributed by atoms with Gasteiger partial charge in [0.15, 0.2) is 0 Å². The van der Waals surface area contributed by atoms with E-state index in [1.807, 2.05) is 18.3 Å². The molecule has 0 saturated heterocycles. The molecule has 0 aliphatic heterocycles. The number of hydrogen-bond acceptors (Lipinski definition) is 3. The number of rotatable bonds is 5. The second-order valence-electron chi connectivity index (χ2n) is 6.14. The highest BCUT2D eigenvalue weighted by atomic mass is 16.3. The maximum Gasteiger partial charge on any atom is 0.229 e. The highest BCUT2D eigenvalue weighted by molar-refractivity contribution is 5.91. The molecule has 4 nitrogen and oxygen atoms in total. The number of carbonyl (C=O) groups excluding carboxylic acids is 1. The quantitative estimate of drug-likeness (QED) is 0.814. The molecule has 120 valence electrons. The third kappa shape index (κ3) is 4.95. The summed E-state index contributed by atoms with van der Waals surface area (Å²) in [4.78, 5) is 16.4. The van der Waals surface area contributed by atoms with Gasteiger partial charge in [0.1, 0.15) is 5.82 Å².